The smallest absolute Gasteiger partial charge is 0.306 e. The molecule has 0 aromatic rings. The third-order valence-corrected chi connectivity index (χ3v) is 12.1. The van der Waals surface area contributed by atoms with E-state index < -0.39 is 18.2 Å². The standard InChI is InChI=1S/C53H101NO5/c1-4-7-10-13-16-19-22-25-26-28-31-34-37-40-43-46-53(58)59-49(44-41-38-35-32-29-24-21-18-15-12-9-6-3)47-52(57)54-50(48-55)51(56)45-42-39-36-33-30-27-23-20-17-14-11-8-5-2/h16,19,22,25,49-51,55-56H,4-15,17-18,20-21,23-24,26-48H2,1-3H3,(H,54,57)/b19-16+,25-22+. The summed E-state index contributed by atoms with van der Waals surface area (Å²) in [5.74, 6) is -0.473. The van der Waals surface area contributed by atoms with Gasteiger partial charge in [0.15, 0.2) is 0 Å². The normalized spacial score (nSPS) is 13.4. The maximum atomic E-state index is 13.2. The van der Waals surface area contributed by atoms with E-state index in [9.17, 15) is 19.8 Å². The van der Waals surface area contributed by atoms with Crippen molar-refractivity contribution < 1.29 is 24.5 Å². The number of amides is 1. The largest absolute Gasteiger partial charge is 0.462 e. The molecule has 3 N–H and O–H groups in total. The van der Waals surface area contributed by atoms with E-state index in [-0.39, 0.29) is 24.9 Å². The van der Waals surface area contributed by atoms with Gasteiger partial charge >= 0.3 is 5.97 Å². The highest BCUT2D eigenvalue weighted by Crippen LogP contribution is 2.18. The lowest BCUT2D eigenvalue weighted by Crippen LogP contribution is -2.46. The van der Waals surface area contributed by atoms with Crippen LogP contribution < -0.4 is 5.32 Å². The Morgan fingerprint density at radius 3 is 1.29 bits per heavy atom. The first-order chi connectivity index (χ1) is 29.0. The van der Waals surface area contributed by atoms with Gasteiger partial charge in [0, 0.05) is 6.42 Å². The van der Waals surface area contributed by atoms with Crippen molar-refractivity contribution in [2.24, 2.45) is 0 Å². The number of nitrogens with one attached hydrogen (secondary N) is 1. The Hall–Kier alpha value is -1.66. The predicted molar refractivity (Wildman–Crippen MR) is 255 cm³/mol. The summed E-state index contributed by atoms with van der Waals surface area (Å²) in [6.45, 7) is 6.47. The number of rotatable bonds is 47. The zero-order valence-corrected chi connectivity index (χ0v) is 39.7. The first kappa shape index (κ1) is 57.3. The average Bonchev–Trinajstić information content (AvgIpc) is 3.23. The minimum Gasteiger partial charge on any atom is -0.462 e. The van der Waals surface area contributed by atoms with Gasteiger partial charge in [0.25, 0.3) is 0 Å². The molecule has 0 radical (unpaired) electrons. The van der Waals surface area contributed by atoms with Gasteiger partial charge in [0.05, 0.1) is 25.2 Å². The number of aliphatic hydroxyl groups excluding tert-OH is 2. The summed E-state index contributed by atoms with van der Waals surface area (Å²) in [6, 6.07) is -0.698. The van der Waals surface area contributed by atoms with Gasteiger partial charge in [-0.3, -0.25) is 9.59 Å². The van der Waals surface area contributed by atoms with Crippen molar-refractivity contribution in [1.29, 1.82) is 0 Å². The summed E-state index contributed by atoms with van der Waals surface area (Å²) >= 11 is 0. The highest BCUT2D eigenvalue weighted by Gasteiger charge is 2.24. The summed E-state index contributed by atoms with van der Waals surface area (Å²) in [5, 5.41) is 23.8. The number of carbonyl (C=O) groups is 2. The van der Waals surface area contributed by atoms with Crippen LogP contribution in [0, 0.1) is 0 Å². The maximum Gasteiger partial charge on any atom is 0.306 e. The molecule has 59 heavy (non-hydrogen) atoms. The topological polar surface area (TPSA) is 95.9 Å². The van der Waals surface area contributed by atoms with E-state index in [0.717, 1.165) is 51.4 Å². The zero-order valence-electron chi connectivity index (χ0n) is 39.7. The summed E-state index contributed by atoms with van der Waals surface area (Å²) in [5.41, 5.74) is 0. The molecule has 0 aromatic carbocycles. The van der Waals surface area contributed by atoms with Gasteiger partial charge in [0.2, 0.25) is 5.91 Å². The molecule has 0 aromatic heterocycles. The molecule has 3 unspecified atom stereocenters. The molecule has 6 nitrogen and oxygen atoms in total. The number of esters is 1. The molecule has 0 saturated carbocycles. The summed E-state index contributed by atoms with van der Waals surface area (Å²) in [7, 11) is 0. The molecule has 0 spiro atoms. The minimum absolute atomic E-state index is 0.0782. The lowest BCUT2D eigenvalue weighted by atomic mass is 10.0. The first-order valence-electron chi connectivity index (χ1n) is 26.1. The van der Waals surface area contributed by atoms with Gasteiger partial charge < -0.3 is 20.3 Å². The van der Waals surface area contributed by atoms with Crippen molar-refractivity contribution in [2.45, 2.75) is 296 Å². The van der Waals surface area contributed by atoms with Crippen LogP contribution in [0.3, 0.4) is 0 Å². The number of unbranched alkanes of at least 4 members (excludes halogenated alkanes) is 32. The van der Waals surface area contributed by atoms with Crippen LogP contribution in [0.5, 0.6) is 0 Å². The van der Waals surface area contributed by atoms with E-state index >= 15 is 0 Å². The highest BCUT2D eigenvalue weighted by molar-refractivity contribution is 5.77. The number of allylic oxidation sites excluding steroid dienone is 4. The second-order valence-corrected chi connectivity index (χ2v) is 18.0. The van der Waals surface area contributed by atoms with E-state index in [4.69, 9.17) is 4.74 Å². The van der Waals surface area contributed by atoms with Gasteiger partial charge in [-0.1, -0.05) is 238 Å². The van der Waals surface area contributed by atoms with Crippen LogP contribution in [-0.2, 0) is 14.3 Å². The Morgan fingerprint density at radius 2 is 0.847 bits per heavy atom. The Morgan fingerprint density at radius 1 is 0.492 bits per heavy atom. The molecular weight excluding hydrogens is 731 g/mol. The molecular formula is C53H101NO5. The van der Waals surface area contributed by atoms with Gasteiger partial charge in [-0.25, -0.2) is 0 Å². The van der Waals surface area contributed by atoms with Gasteiger partial charge in [-0.05, 0) is 51.4 Å². The summed E-state index contributed by atoms with van der Waals surface area (Å²) < 4.78 is 5.93. The fourth-order valence-electron chi connectivity index (χ4n) is 8.07. The van der Waals surface area contributed by atoms with E-state index in [2.05, 4.69) is 50.4 Å². The van der Waals surface area contributed by atoms with Crippen LogP contribution in [0.2, 0.25) is 0 Å². The minimum atomic E-state index is -0.785. The Kier molecular flexibility index (Phi) is 46.1. The van der Waals surface area contributed by atoms with Crippen LogP contribution in [0.4, 0.5) is 0 Å². The molecule has 0 aliphatic heterocycles. The van der Waals surface area contributed by atoms with Gasteiger partial charge in [0.1, 0.15) is 6.10 Å². The lowest BCUT2D eigenvalue weighted by Gasteiger charge is -2.24. The quantitative estimate of drug-likeness (QED) is 0.0322. The monoisotopic (exact) mass is 832 g/mol. The van der Waals surface area contributed by atoms with Crippen LogP contribution in [0.25, 0.3) is 0 Å². The Labute approximate surface area is 367 Å². The Balaban J connectivity index is 4.54. The molecule has 0 aliphatic rings. The van der Waals surface area contributed by atoms with Crippen LogP contribution in [0.1, 0.15) is 278 Å². The average molecular weight is 832 g/mol. The van der Waals surface area contributed by atoms with E-state index in [0.29, 0.717) is 19.3 Å². The molecule has 0 fully saturated rings. The lowest BCUT2D eigenvalue weighted by molar-refractivity contribution is -0.151. The van der Waals surface area contributed by atoms with Crippen molar-refractivity contribution in [3.63, 3.8) is 0 Å². The van der Waals surface area contributed by atoms with Crippen LogP contribution >= 0.6 is 0 Å². The van der Waals surface area contributed by atoms with Gasteiger partial charge in [-0.15, -0.1) is 0 Å². The summed E-state index contributed by atoms with van der Waals surface area (Å²) in [4.78, 5) is 26.1. The molecule has 348 valence electrons. The molecule has 0 aliphatic carbocycles. The Bertz CT molecular complexity index is 935. The molecule has 6 heteroatoms. The number of hydrogen-bond acceptors (Lipinski definition) is 5. The molecule has 0 saturated heterocycles. The molecule has 1 amide bonds. The fourth-order valence-corrected chi connectivity index (χ4v) is 8.07. The van der Waals surface area contributed by atoms with E-state index in [1.54, 1.807) is 0 Å². The van der Waals surface area contributed by atoms with E-state index in [1.165, 1.54) is 180 Å². The van der Waals surface area contributed by atoms with Crippen molar-refractivity contribution >= 4 is 11.9 Å². The van der Waals surface area contributed by atoms with Crippen molar-refractivity contribution in [1.82, 2.24) is 5.32 Å². The van der Waals surface area contributed by atoms with Gasteiger partial charge in [-0.2, -0.15) is 0 Å². The van der Waals surface area contributed by atoms with E-state index in [1.807, 2.05) is 0 Å². The first-order valence-corrected chi connectivity index (χ1v) is 26.1. The molecule has 3 atom stereocenters. The predicted octanol–water partition coefficient (Wildman–Crippen LogP) is 15.5. The number of carbonyl (C=O) groups excluding carboxylic acids is 2. The zero-order chi connectivity index (χ0) is 43.1. The molecule has 0 heterocycles. The second-order valence-electron chi connectivity index (χ2n) is 18.0. The third-order valence-electron chi connectivity index (χ3n) is 12.1. The van der Waals surface area contributed by atoms with Crippen LogP contribution in [0.15, 0.2) is 24.3 Å². The number of ether oxygens (including phenoxy) is 1. The fraction of sp³-hybridized carbons (Fsp3) is 0.887. The number of aliphatic hydroxyl groups is 2. The van der Waals surface area contributed by atoms with Crippen molar-refractivity contribution in [2.75, 3.05) is 6.61 Å². The molecule has 0 rings (SSSR count). The summed E-state index contributed by atoms with van der Waals surface area (Å²) in [6.07, 6.45) is 53.7. The second kappa shape index (κ2) is 47.4. The van der Waals surface area contributed by atoms with Crippen LogP contribution in [-0.4, -0.2) is 46.9 Å². The maximum absolute atomic E-state index is 13.2. The van der Waals surface area contributed by atoms with Crippen molar-refractivity contribution in [3.05, 3.63) is 24.3 Å². The molecule has 0 bridgehead atoms. The SMILES string of the molecule is CCCCC/C=C/C=C/CCCCCCCCC(=O)OC(CCCCCCCCCCCCCC)CC(=O)NC(CO)C(O)CCCCCCCCCCCCCCC. The van der Waals surface area contributed by atoms with Crippen molar-refractivity contribution in [3.8, 4) is 0 Å². The number of hydrogen-bond donors (Lipinski definition) is 3. The third kappa shape index (κ3) is 42.8. The highest BCUT2D eigenvalue weighted by atomic mass is 16.5.